The quantitative estimate of drug-likeness (QED) is 0.423. The summed E-state index contributed by atoms with van der Waals surface area (Å²) in [6, 6.07) is 13.0. The maximum absolute atomic E-state index is 13.4. The van der Waals surface area contributed by atoms with Gasteiger partial charge in [-0.25, -0.2) is 8.42 Å². The lowest BCUT2D eigenvalue weighted by molar-refractivity contribution is -0.134. The van der Waals surface area contributed by atoms with Gasteiger partial charge in [-0.15, -0.1) is 0 Å². The molecule has 2 aromatic carbocycles. The standard InChI is InChI=1S/C29H42N4O6S/c1-21-18-33(22(2)20-34)29(36)17-23-16-24(30-28(35)12-9-15-31(3)4)13-14-26(23)39-27(21)19-32(5)40(37,38)25-10-7-6-8-11-25/h6-8,10-11,13-14,16,21-22,27,34H,9,12,15,17-20H2,1-5H3,(H,30,35)/t21-,22+,27-/m1/s1. The van der Waals surface area contributed by atoms with Gasteiger partial charge in [0.1, 0.15) is 11.9 Å². The van der Waals surface area contributed by atoms with Gasteiger partial charge in [0.25, 0.3) is 0 Å². The van der Waals surface area contributed by atoms with Crippen LogP contribution in [0.5, 0.6) is 5.75 Å². The fraction of sp³-hybridized carbons (Fsp3) is 0.517. The van der Waals surface area contributed by atoms with E-state index in [4.69, 9.17) is 4.74 Å². The molecule has 1 aliphatic rings. The largest absolute Gasteiger partial charge is 0.488 e. The van der Waals surface area contributed by atoms with E-state index in [1.807, 2.05) is 25.9 Å². The zero-order valence-electron chi connectivity index (χ0n) is 24.0. The Morgan fingerprint density at radius 2 is 1.88 bits per heavy atom. The number of nitrogens with zero attached hydrogens (tertiary/aromatic N) is 3. The molecule has 40 heavy (non-hydrogen) atoms. The van der Waals surface area contributed by atoms with Crippen LogP contribution in [0.4, 0.5) is 5.69 Å². The van der Waals surface area contributed by atoms with Crippen LogP contribution < -0.4 is 10.1 Å². The highest BCUT2D eigenvalue weighted by molar-refractivity contribution is 7.89. The second-order valence-corrected chi connectivity index (χ2v) is 12.8. The lowest BCUT2D eigenvalue weighted by atomic mass is 10.0. The highest BCUT2D eigenvalue weighted by atomic mass is 32.2. The Bertz CT molecular complexity index is 1250. The van der Waals surface area contributed by atoms with Crippen LogP contribution in [0.3, 0.4) is 0 Å². The molecular formula is C29H42N4O6S. The van der Waals surface area contributed by atoms with Gasteiger partial charge in [-0.05, 0) is 64.3 Å². The number of aliphatic hydroxyl groups is 1. The number of ether oxygens (including phenoxy) is 1. The van der Waals surface area contributed by atoms with Crippen molar-refractivity contribution < 1.29 is 27.9 Å². The van der Waals surface area contributed by atoms with Crippen molar-refractivity contribution in [3.8, 4) is 5.75 Å². The molecular weight excluding hydrogens is 532 g/mol. The fourth-order valence-electron chi connectivity index (χ4n) is 4.63. The van der Waals surface area contributed by atoms with E-state index >= 15 is 0 Å². The number of carbonyl (C=O) groups is 2. The Morgan fingerprint density at radius 1 is 1.18 bits per heavy atom. The third kappa shape index (κ3) is 8.26. The number of hydrogen-bond donors (Lipinski definition) is 2. The summed E-state index contributed by atoms with van der Waals surface area (Å²) in [6.07, 6.45) is 0.516. The molecule has 10 nitrogen and oxygen atoms in total. The molecule has 0 saturated carbocycles. The number of amides is 2. The maximum Gasteiger partial charge on any atom is 0.242 e. The smallest absolute Gasteiger partial charge is 0.242 e. The van der Waals surface area contributed by atoms with Gasteiger partial charge < -0.3 is 25.0 Å². The third-order valence-electron chi connectivity index (χ3n) is 7.10. The van der Waals surface area contributed by atoms with Gasteiger partial charge >= 0.3 is 0 Å². The molecule has 0 fully saturated rings. The predicted octanol–water partition coefficient (Wildman–Crippen LogP) is 2.44. The Balaban J connectivity index is 1.90. The summed E-state index contributed by atoms with van der Waals surface area (Å²) < 4.78 is 34.2. The van der Waals surface area contributed by atoms with Gasteiger partial charge in [0.05, 0.1) is 30.5 Å². The molecule has 2 aromatic rings. The molecule has 1 heterocycles. The van der Waals surface area contributed by atoms with Crippen LogP contribution in [0.2, 0.25) is 0 Å². The maximum atomic E-state index is 13.4. The van der Waals surface area contributed by atoms with Crippen molar-refractivity contribution in [1.82, 2.24) is 14.1 Å². The summed E-state index contributed by atoms with van der Waals surface area (Å²) in [5.74, 6) is -0.0984. The van der Waals surface area contributed by atoms with Crippen LogP contribution >= 0.6 is 0 Å². The number of rotatable bonds is 11. The highest BCUT2D eigenvalue weighted by Gasteiger charge is 2.33. The number of aliphatic hydroxyl groups excluding tert-OH is 1. The predicted molar refractivity (Wildman–Crippen MR) is 155 cm³/mol. The lowest BCUT2D eigenvalue weighted by Crippen LogP contribution is -2.48. The van der Waals surface area contributed by atoms with Crippen LogP contribution in [0.15, 0.2) is 53.4 Å². The molecule has 0 aliphatic carbocycles. The van der Waals surface area contributed by atoms with Crippen LogP contribution in [-0.4, -0.2) is 99.0 Å². The average molecular weight is 575 g/mol. The summed E-state index contributed by atoms with van der Waals surface area (Å²) in [5, 5.41) is 12.8. The van der Waals surface area contributed by atoms with E-state index in [0.29, 0.717) is 23.4 Å². The molecule has 0 aromatic heterocycles. The number of hydrogen-bond acceptors (Lipinski definition) is 7. The number of anilines is 1. The normalized spacial score (nSPS) is 18.9. The average Bonchev–Trinajstić information content (AvgIpc) is 2.96. The van der Waals surface area contributed by atoms with E-state index in [2.05, 4.69) is 5.32 Å². The molecule has 3 atom stereocenters. The van der Waals surface area contributed by atoms with E-state index in [1.54, 1.807) is 60.4 Å². The van der Waals surface area contributed by atoms with E-state index in [9.17, 15) is 23.1 Å². The van der Waals surface area contributed by atoms with Crippen LogP contribution in [-0.2, 0) is 26.0 Å². The van der Waals surface area contributed by atoms with Gasteiger partial charge in [-0.1, -0.05) is 25.1 Å². The topological polar surface area (TPSA) is 119 Å². The second-order valence-electron chi connectivity index (χ2n) is 10.8. The van der Waals surface area contributed by atoms with Gasteiger partial charge in [0, 0.05) is 37.2 Å². The highest BCUT2D eigenvalue weighted by Crippen LogP contribution is 2.30. The first-order valence-corrected chi connectivity index (χ1v) is 15.0. The first-order valence-electron chi connectivity index (χ1n) is 13.6. The first-order chi connectivity index (χ1) is 18.9. The minimum atomic E-state index is -3.77. The van der Waals surface area contributed by atoms with Gasteiger partial charge in [-0.3, -0.25) is 9.59 Å². The SMILES string of the molecule is C[C@@H]1CN([C@@H](C)CO)C(=O)Cc2cc(NC(=O)CCCN(C)C)ccc2O[C@@H]1CN(C)S(=O)(=O)c1ccccc1. The molecule has 11 heteroatoms. The van der Waals surface area contributed by atoms with Crippen molar-refractivity contribution in [3.05, 3.63) is 54.1 Å². The number of nitrogens with one attached hydrogen (secondary N) is 1. The van der Waals surface area contributed by atoms with E-state index in [1.165, 1.54) is 11.4 Å². The molecule has 220 valence electrons. The Hall–Kier alpha value is -2.99. The third-order valence-corrected chi connectivity index (χ3v) is 8.94. The number of carbonyl (C=O) groups excluding carboxylic acids is 2. The van der Waals surface area contributed by atoms with Crippen molar-refractivity contribution >= 4 is 27.5 Å². The molecule has 2 N–H and O–H groups in total. The van der Waals surface area contributed by atoms with Gasteiger partial charge in [0.15, 0.2) is 0 Å². The Kier molecular flexibility index (Phi) is 11.1. The molecule has 0 unspecified atom stereocenters. The molecule has 1 aliphatic heterocycles. The number of sulfonamides is 1. The zero-order valence-corrected chi connectivity index (χ0v) is 24.9. The molecule has 0 spiro atoms. The van der Waals surface area contributed by atoms with Gasteiger partial charge in [0.2, 0.25) is 21.8 Å². The van der Waals surface area contributed by atoms with Gasteiger partial charge in [-0.2, -0.15) is 4.31 Å². The first kappa shape index (κ1) is 31.5. The summed E-state index contributed by atoms with van der Waals surface area (Å²) in [5.41, 5.74) is 1.14. The molecule has 0 radical (unpaired) electrons. The summed E-state index contributed by atoms with van der Waals surface area (Å²) in [6.45, 7) is 4.61. The van der Waals surface area contributed by atoms with Crippen molar-refractivity contribution in [2.24, 2.45) is 5.92 Å². The summed E-state index contributed by atoms with van der Waals surface area (Å²) in [7, 11) is 1.66. The molecule has 3 rings (SSSR count). The van der Waals surface area contributed by atoms with Crippen molar-refractivity contribution in [3.63, 3.8) is 0 Å². The minimum Gasteiger partial charge on any atom is -0.488 e. The van der Waals surface area contributed by atoms with Crippen molar-refractivity contribution in [1.29, 1.82) is 0 Å². The van der Waals surface area contributed by atoms with E-state index < -0.39 is 22.2 Å². The zero-order chi connectivity index (χ0) is 29.4. The number of fused-ring (bicyclic) bond motifs is 1. The summed E-state index contributed by atoms with van der Waals surface area (Å²) >= 11 is 0. The molecule has 2 amide bonds. The van der Waals surface area contributed by atoms with E-state index in [0.717, 1.165) is 13.0 Å². The molecule has 0 saturated heterocycles. The number of likely N-dealkylation sites (N-methyl/N-ethyl adjacent to an activating group) is 1. The van der Waals surface area contributed by atoms with E-state index in [-0.39, 0.29) is 48.7 Å². The molecule has 0 bridgehead atoms. The van der Waals surface area contributed by atoms with Crippen molar-refractivity contribution in [2.75, 3.05) is 52.7 Å². The summed E-state index contributed by atoms with van der Waals surface area (Å²) in [4.78, 5) is 29.7. The van der Waals surface area contributed by atoms with Crippen LogP contribution in [0.1, 0.15) is 32.3 Å². The Morgan fingerprint density at radius 3 is 2.52 bits per heavy atom. The van der Waals surface area contributed by atoms with Crippen LogP contribution in [0.25, 0.3) is 0 Å². The minimum absolute atomic E-state index is 0.0155. The number of benzene rings is 2. The Labute approximate surface area is 238 Å². The van der Waals surface area contributed by atoms with Crippen molar-refractivity contribution in [2.45, 2.75) is 50.2 Å². The lowest BCUT2D eigenvalue weighted by Gasteiger charge is -2.33. The fourth-order valence-corrected chi connectivity index (χ4v) is 5.83. The monoisotopic (exact) mass is 574 g/mol. The second kappa shape index (κ2) is 14.1. The van der Waals surface area contributed by atoms with Crippen LogP contribution in [0, 0.1) is 5.92 Å².